The summed E-state index contributed by atoms with van der Waals surface area (Å²) in [7, 11) is 0. The molecular formula is C23H23ClN6O3. The van der Waals surface area contributed by atoms with Gasteiger partial charge < -0.3 is 15.2 Å². The van der Waals surface area contributed by atoms with Gasteiger partial charge in [0.15, 0.2) is 0 Å². The SMILES string of the molecule is Cc1ccc(NC(=O)c2c(C)c(C(=O)C(=O)NC3(c4c[nH]nn4)CC3)c3n2CCC3)cc1Cl. The molecule has 0 unspecified atom stereocenters. The number of nitrogens with zero attached hydrogens (tertiary/aromatic N) is 3. The Bertz CT molecular complexity index is 1290. The summed E-state index contributed by atoms with van der Waals surface area (Å²) in [6.45, 7) is 4.22. The van der Waals surface area contributed by atoms with Crippen molar-refractivity contribution in [1.29, 1.82) is 0 Å². The van der Waals surface area contributed by atoms with Crippen LogP contribution < -0.4 is 10.6 Å². The molecule has 2 amide bonds. The van der Waals surface area contributed by atoms with Gasteiger partial charge >= 0.3 is 0 Å². The Morgan fingerprint density at radius 1 is 1.21 bits per heavy atom. The molecule has 1 aliphatic carbocycles. The highest BCUT2D eigenvalue weighted by Gasteiger charge is 2.49. The lowest BCUT2D eigenvalue weighted by Gasteiger charge is -2.14. The molecular weight excluding hydrogens is 444 g/mol. The lowest BCUT2D eigenvalue weighted by atomic mass is 10.0. The number of aromatic nitrogens is 4. The van der Waals surface area contributed by atoms with Crippen LogP contribution in [0, 0.1) is 13.8 Å². The number of ketones is 1. The first-order valence-corrected chi connectivity index (χ1v) is 11.2. The molecule has 0 spiro atoms. The third kappa shape index (κ3) is 3.62. The van der Waals surface area contributed by atoms with E-state index in [1.165, 1.54) is 0 Å². The molecule has 1 aliphatic heterocycles. The van der Waals surface area contributed by atoms with Gasteiger partial charge in [-0.3, -0.25) is 19.5 Å². The van der Waals surface area contributed by atoms with Crippen molar-refractivity contribution in [1.82, 2.24) is 25.3 Å². The summed E-state index contributed by atoms with van der Waals surface area (Å²) in [4.78, 5) is 39.4. The summed E-state index contributed by atoms with van der Waals surface area (Å²) < 4.78 is 1.85. The molecule has 1 aromatic carbocycles. The Morgan fingerprint density at radius 2 is 2.00 bits per heavy atom. The van der Waals surface area contributed by atoms with Gasteiger partial charge in [-0.05, 0) is 62.8 Å². The molecule has 5 rings (SSSR count). The van der Waals surface area contributed by atoms with Crippen molar-refractivity contribution < 1.29 is 14.4 Å². The van der Waals surface area contributed by atoms with Crippen molar-refractivity contribution in [3.63, 3.8) is 0 Å². The number of carbonyl (C=O) groups is 3. The number of amides is 2. The third-order valence-corrected chi connectivity index (χ3v) is 6.90. The van der Waals surface area contributed by atoms with Crippen LogP contribution in [0.15, 0.2) is 24.4 Å². The van der Waals surface area contributed by atoms with Gasteiger partial charge in [-0.25, -0.2) is 0 Å². The summed E-state index contributed by atoms with van der Waals surface area (Å²) >= 11 is 6.19. The second kappa shape index (κ2) is 7.84. The van der Waals surface area contributed by atoms with Crippen molar-refractivity contribution in [2.45, 2.75) is 51.6 Å². The Morgan fingerprint density at radius 3 is 2.67 bits per heavy atom. The van der Waals surface area contributed by atoms with Crippen molar-refractivity contribution in [3.05, 3.63) is 63.2 Å². The summed E-state index contributed by atoms with van der Waals surface area (Å²) in [6.07, 6.45) is 4.44. The van der Waals surface area contributed by atoms with Crippen molar-refractivity contribution in [2.75, 3.05) is 5.32 Å². The first-order chi connectivity index (χ1) is 15.8. The van der Waals surface area contributed by atoms with Gasteiger partial charge in [-0.1, -0.05) is 22.9 Å². The zero-order valence-electron chi connectivity index (χ0n) is 18.3. The average Bonchev–Trinajstić information content (AvgIpc) is 3.14. The molecule has 10 heteroatoms. The van der Waals surface area contributed by atoms with Crippen LogP contribution in [0.4, 0.5) is 5.69 Å². The number of aryl methyl sites for hydroxylation is 1. The van der Waals surface area contributed by atoms with Crippen molar-refractivity contribution >= 4 is 34.9 Å². The highest BCUT2D eigenvalue weighted by atomic mass is 35.5. The van der Waals surface area contributed by atoms with E-state index in [0.717, 1.165) is 17.7 Å². The number of hydrogen-bond acceptors (Lipinski definition) is 5. The van der Waals surface area contributed by atoms with Gasteiger partial charge in [-0.15, -0.1) is 5.10 Å². The molecule has 3 N–H and O–H groups in total. The molecule has 0 bridgehead atoms. The van der Waals surface area contributed by atoms with Crippen molar-refractivity contribution in [3.8, 4) is 0 Å². The number of nitrogens with one attached hydrogen (secondary N) is 3. The normalized spacial score (nSPS) is 15.7. The van der Waals surface area contributed by atoms with Crippen LogP contribution in [-0.2, 0) is 23.3 Å². The maximum atomic E-state index is 13.3. The Hall–Kier alpha value is -3.46. The maximum absolute atomic E-state index is 13.3. The fourth-order valence-electron chi connectivity index (χ4n) is 4.57. The summed E-state index contributed by atoms with van der Waals surface area (Å²) in [6, 6.07) is 5.30. The second-order valence-corrected chi connectivity index (χ2v) is 9.10. The number of carbonyl (C=O) groups excluding carboxylic acids is 3. The molecule has 0 radical (unpaired) electrons. The summed E-state index contributed by atoms with van der Waals surface area (Å²) in [5.41, 5.74) is 3.38. The molecule has 2 aliphatic rings. The van der Waals surface area contributed by atoms with E-state index < -0.39 is 17.2 Å². The summed E-state index contributed by atoms with van der Waals surface area (Å²) in [5.74, 6) is -1.67. The Kier molecular flexibility index (Phi) is 5.08. The van der Waals surface area contributed by atoms with Gasteiger partial charge in [-0.2, -0.15) is 0 Å². The largest absolute Gasteiger partial charge is 0.340 e. The van der Waals surface area contributed by atoms with Crippen molar-refractivity contribution in [2.24, 2.45) is 0 Å². The van der Waals surface area contributed by atoms with E-state index in [0.29, 0.717) is 59.0 Å². The number of Topliss-reactive ketones (excluding diaryl/α,β-unsaturated/α-hetero) is 1. The maximum Gasteiger partial charge on any atom is 0.293 e. The molecule has 3 heterocycles. The number of rotatable bonds is 6. The molecule has 1 saturated carbocycles. The molecule has 170 valence electrons. The minimum Gasteiger partial charge on any atom is -0.340 e. The van der Waals surface area contributed by atoms with E-state index >= 15 is 0 Å². The molecule has 3 aromatic rings. The Balaban J connectivity index is 1.43. The molecule has 0 atom stereocenters. The number of hydrogen-bond donors (Lipinski definition) is 3. The van der Waals surface area contributed by atoms with Crippen LogP contribution in [0.3, 0.4) is 0 Å². The van der Waals surface area contributed by atoms with Crippen LogP contribution in [0.25, 0.3) is 0 Å². The molecule has 1 fully saturated rings. The lowest BCUT2D eigenvalue weighted by molar-refractivity contribution is -0.118. The van der Waals surface area contributed by atoms with Gasteiger partial charge in [0.25, 0.3) is 17.6 Å². The average molecular weight is 467 g/mol. The molecule has 2 aromatic heterocycles. The number of H-pyrrole nitrogens is 1. The molecule has 33 heavy (non-hydrogen) atoms. The zero-order valence-corrected chi connectivity index (χ0v) is 19.0. The van der Waals surface area contributed by atoms with Gasteiger partial charge in [0, 0.05) is 29.1 Å². The first kappa shape index (κ1) is 21.4. The van der Waals surface area contributed by atoms with E-state index in [-0.39, 0.29) is 5.91 Å². The molecule has 9 nitrogen and oxygen atoms in total. The van der Waals surface area contributed by atoms with E-state index in [2.05, 4.69) is 26.0 Å². The smallest absolute Gasteiger partial charge is 0.293 e. The van der Waals surface area contributed by atoms with E-state index in [9.17, 15) is 14.4 Å². The number of aromatic amines is 1. The van der Waals surface area contributed by atoms with Gasteiger partial charge in [0.1, 0.15) is 11.4 Å². The number of fused-ring (bicyclic) bond motifs is 1. The zero-order chi connectivity index (χ0) is 23.3. The highest BCUT2D eigenvalue weighted by Crippen LogP contribution is 2.44. The number of anilines is 1. The van der Waals surface area contributed by atoms with Crippen LogP contribution in [0.5, 0.6) is 0 Å². The van der Waals surface area contributed by atoms with Crippen LogP contribution >= 0.6 is 11.6 Å². The standard InChI is InChI=1S/C23H23ClN6O3/c1-12-5-6-14(10-15(12)24)26-21(32)19-13(2)18(16-4-3-9-30(16)19)20(31)22(33)27-23(7-8-23)17-11-25-29-28-17/h5-6,10-11H,3-4,7-9H2,1-2H3,(H,26,32)(H,27,33)(H,25,28,29). The van der Waals surface area contributed by atoms with E-state index in [1.807, 2.05) is 17.6 Å². The highest BCUT2D eigenvalue weighted by molar-refractivity contribution is 6.44. The van der Waals surface area contributed by atoms with E-state index in [1.54, 1.807) is 25.3 Å². The first-order valence-electron chi connectivity index (χ1n) is 10.8. The Labute approximate surface area is 194 Å². The lowest BCUT2D eigenvalue weighted by Crippen LogP contribution is -2.40. The van der Waals surface area contributed by atoms with Crippen LogP contribution in [0.1, 0.15) is 62.6 Å². The number of halogens is 1. The molecule has 0 saturated heterocycles. The predicted molar refractivity (Wildman–Crippen MR) is 121 cm³/mol. The minimum atomic E-state index is -0.698. The fourth-order valence-corrected chi connectivity index (χ4v) is 4.75. The minimum absolute atomic E-state index is 0.313. The van der Waals surface area contributed by atoms with Gasteiger partial charge in [0.05, 0.1) is 11.1 Å². The quantitative estimate of drug-likeness (QED) is 0.380. The second-order valence-electron chi connectivity index (χ2n) is 8.69. The topological polar surface area (TPSA) is 122 Å². The monoisotopic (exact) mass is 466 g/mol. The fraction of sp³-hybridized carbons (Fsp3) is 0.348. The third-order valence-electron chi connectivity index (χ3n) is 6.50. The van der Waals surface area contributed by atoms with E-state index in [4.69, 9.17) is 11.6 Å². The predicted octanol–water partition coefficient (Wildman–Crippen LogP) is 3.06. The van der Waals surface area contributed by atoms with Crippen LogP contribution in [0.2, 0.25) is 5.02 Å². The number of benzene rings is 1. The van der Waals surface area contributed by atoms with Crippen LogP contribution in [-0.4, -0.2) is 37.6 Å². The summed E-state index contributed by atoms with van der Waals surface area (Å²) in [5, 5.41) is 16.6. The van der Waals surface area contributed by atoms with Gasteiger partial charge in [0.2, 0.25) is 0 Å².